The van der Waals surface area contributed by atoms with Gasteiger partial charge in [0.2, 0.25) is 5.88 Å². The molecule has 4 aromatic rings. The summed E-state index contributed by atoms with van der Waals surface area (Å²) in [7, 11) is 1.72. The van der Waals surface area contributed by atoms with Crippen molar-refractivity contribution in [2.75, 3.05) is 13.4 Å². The number of allylic oxidation sites excluding steroid dienone is 1. The van der Waals surface area contributed by atoms with Crippen molar-refractivity contribution < 1.29 is 14.2 Å². The van der Waals surface area contributed by atoms with Gasteiger partial charge in [0.1, 0.15) is 12.2 Å². The summed E-state index contributed by atoms with van der Waals surface area (Å²) < 4.78 is 19.6. The molecular formula is C37H36ClNO3S. The van der Waals surface area contributed by atoms with Gasteiger partial charge in [0.05, 0.1) is 17.8 Å². The highest BCUT2D eigenvalue weighted by molar-refractivity contribution is 7.98. The summed E-state index contributed by atoms with van der Waals surface area (Å²) in [6.07, 6.45) is 9.04. The fourth-order valence-electron chi connectivity index (χ4n) is 6.62. The van der Waals surface area contributed by atoms with Gasteiger partial charge >= 0.3 is 0 Å². The Morgan fingerprint density at radius 3 is 2.16 bits per heavy atom. The molecule has 3 fully saturated rings. The largest absolute Gasteiger partial charge is 0.481 e. The topological polar surface area (TPSA) is 40.6 Å². The van der Waals surface area contributed by atoms with E-state index in [2.05, 4.69) is 84.9 Å². The fraction of sp³-hybridized carbons (Fsp3) is 0.324. The van der Waals surface area contributed by atoms with E-state index >= 15 is 0 Å². The molecule has 3 aromatic carbocycles. The van der Waals surface area contributed by atoms with E-state index in [1.807, 2.05) is 18.4 Å². The zero-order valence-corrected chi connectivity index (χ0v) is 26.1. The molecule has 1 spiro atoms. The monoisotopic (exact) mass is 609 g/mol. The van der Waals surface area contributed by atoms with Crippen LogP contribution in [0.1, 0.15) is 78.2 Å². The molecule has 3 aliphatic rings. The van der Waals surface area contributed by atoms with Crippen LogP contribution in [0.5, 0.6) is 5.88 Å². The molecule has 1 aromatic heterocycles. The van der Waals surface area contributed by atoms with Crippen LogP contribution in [0.15, 0.2) is 102 Å². The van der Waals surface area contributed by atoms with E-state index in [-0.39, 0.29) is 18.1 Å². The van der Waals surface area contributed by atoms with Crippen molar-refractivity contribution in [1.29, 1.82) is 0 Å². The highest BCUT2D eigenvalue weighted by Gasteiger charge is 2.52. The molecule has 6 heteroatoms. The second kappa shape index (κ2) is 12.1. The molecule has 3 atom stereocenters. The number of ether oxygens (including phenoxy) is 3. The number of benzene rings is 3. The Bertz CT molecular complexity index is 1570. The van der Waals surface area contributed by atoms with Crippen LogP contribution in [0.25, 0.3) is 5.57 Å². The number of thioether (sulfide) groups is 1. The average molecular weight is 610 g/mol. The third kappa shape index (κ3) is 5.88. The molecule has 0 radical (unpaired) electrons. The summed E-state index contributed by atoms with van der Waals surface area (Å²) in [5, 5.41) is 0.749. The fourth-order valence-corrected chi connectivity index (χ4v) is 7.49. The second-order valence-electron chi connectivity index (χ2n) is 11.8. The first-order chi connectivity index (χ1) is 21.1. The second-order valence-corrected chi connectivity index (χ2v) is 13.1. The summed E-state index contributed by atoms with van der Waals surface area (Å²) in [4.78, 5) is 6.10. The van der Waals surface area contributed by atoms with E-state index in [9.17, 15) is 0 Å². The maximum Gasteiger partial charge on any atom is 0.217 e. The molecule has 7 rings (SSSR count). The Hall–Kier alpha value is -3.09. The van der Waals surface area contributed by atoms with Crippen molar-refractivity contribution in [1.82, 2.24) is 4.98 Å². The van der Waals surface area contributed by atoms with Gasteiger partial charge in [0, 0.05) is 28.9 Å². The molecule has 0 bridgehead atoms. The van der Waals surface area contributed by atoms with Crippen molar-refractivity contribution in [3.05, 3.63) is 130 Å². The normalized spacial score (nSPS) is 23.1. The standard InChI is InChI=1S/C37H36ClNO3S/c1-40-36-29(25-13-14-25)16-17-32(39-36)30(28-15-18-33(43-2)31(38)22-28)21-24-19-20-37(23-24)41-34(26-9-5-3-6-10-26)35(42-37)27-11-7-4-8-12-27/h3-12,15-18,21-22,24-25,34-35H,13-14,19-20,23H2,1-2H3/b30-21-/t24-,34-,35-/m1/s1. The van der Waals surface area contributed by atoms with Crippen molar-refractivity contribution in [2.24, 2.45) is 5.92 Å². The average Bonchev–Trinajstić information content (AvgIpc) is 3.73. The number of halogens is 1. The lowest BCUT2D eigenvalue weighted by atomic mass is 9.95. The van der Waals surface area contributed by atoms with Gasteiger partial charge in [0.25, 0.3) is 0 Å². The van der Waals surface area contributed by atoms with Crippen molar-refractivity contribution >= 4 is 28.9 Å². The third-order valence-corrected chi connectivity index (χ3v) is 10.1. The lowest BCUT2D eigenvalue weighted by Crippen LogP contribution is -2.26. The molecule has 1 aliphatic heterocycles. The molecule has 0 amide bonds. The molecule has 43 heavy (non-hydrogen) atoms. The van der Waals surface area contributed by atoms with E-state index < -0.39 is 5.79 Å². The summed E-state index contributed by atoms with van der Waals surface area (Å²) >= 11 is 8.38. The van der Waals surface area contributed by atoms with Gasteiger partial charge < -0.3 is 14.2 Å². The predicted molar refractivity (Wildman–Crippen MR) is 174 cm³/mol. The number of aromatic nitrogens is 1. The van der Waals surface area contributed by atoms with E-state index in [1.54, 1.807) is 18.9 Å². The van der Waals surface area contributed by atoms with E-state index in [1.165, 1.54) is 18.4 Å². The van der Waals surface area contributed by atoms with E-state index in [0.29, 0.717) is 5.92 Å². The van der Waals surface area contributed by atoms with Crippen LogP contribution < -0.4 is 4.74 Å². The van der Waals surface area contributed by atoms with Gasteiger partial charge in [-0.15, -0.1) is 11.8 Å². The zero-order chi connectivity index (χ0) is 29.4. The summed E-state index contributed by atoms with van der Waals surface area (Å²) in [5.74, 6) is 0.880. The Balaban J connectivity index is 1.23. The van der Waals surface area contributed by atoms with Crippen LogP contribution in [-0.4, -0.2) is 24.1 Å². The van der Waals surface area contributed by atoms with Gasteiger partial charge in [-0.05, 0) is 72.2 Å². The number of hydrogen-bond donors (Lipinski definition) is 0. The van der Waals surface area contributed by atoms with Gasteiger partial charge in [-0.25, -0.2) is 4.98 Å². The molecule has 1 saturated heterocycles. The lowest BCUT2D eigenvalue weighted by Gasteiger charge is -2.23. The Morgan fingerprint density at radius 2 is 1.58 bits per heavy atom. The van der Waals surface area contributed by atoms with Gasteiger partial charge in [-0.3, -0.25) is 0 Å². The Labute approximate surface area is 263 Å². The van der Waals surface area contributed by atoms with Crippen LogP contribution in [0.4, 0.5) is 0 Å². The van der Waals surface area contributed by atoms with Gasteiger partial charge in [-0.2, -0.15) is 0 Å². The van der Waals surface area contributed by atoms with Crippen LogP contribution in [0.2, 0.25) is 5.02 Å². The van der Waals surface area contributed by atoms with Gasteiger partial charge in [0.15, 0.2) is 5.79 Å². The quantitative estimate of drug-likeness (QED) is 0.186. The molecule has 0 unspecified atom stereocenters. The molecule has 4 nitrogen and oxygen atoms in total. The first kappa shape index (κ1) is 28.7. The number of pyridine rings is 1. The minimum absolute atomic E-state index is 0.162. The molecule has 2 aliphatic carbocycles. The molecular weight excluding hydrogens is 574 g/mol. The highest BCUT2D eigenvalue weighted by Crippen LogP contribution is 2.55. The maximum absolute atomic E-state index is 6.91. The first-order valence-electron chi connectivity index (χ1n) is 15.1. The third-order valence-electron chi connectivity index (χ3n) is 8.93. The molecule has 220 valence electrons. The summed E-state index contributed by atoms with van der Waals surface area (Å²) in [5.41, 5.74) is 6.50. The Morgan fingerprint density at radius 1 is 0.907 bits per heavy atom. The molecule has 2 saturated carbocycles. The minimum atomic E-state index is -0.644. The molecule has 2 heterocycles. The maximum atomic E-state index is 6.91. The Kier molecular flexibility index (Phi) is 8.08. The number of methoxy groups -OCH3 is 1. The zero-order valence-electron chi connectivity index (χ0n) is 24.5. The first-order valence-corrected chi connectivity index (χ1v) is 16.7. The van der Waals surface area contributed by atoms with Crippen molar-refractivity contribution in [3.8, 4) is 5.88 Å². The SMILES string of the molecule is COc1nc(/C(=C\[C@H]2CCC3(C2)O[C@H](c2ccccc2)[C@@H](c2ccccc2)O3)c2ccc(SC)c(Cl)c2)ccc1C1CC1. The summed E-state index contributed by atoms with van der Waals surface area (Å²) in [6.45, 7) is 0. The van der Waals surface area contributed by atoms with Crippen LogP contribution in [0.3, 0.4) is 0 Å². The van der Waals surface area contributed by atoms with Crippen molar-refractivity contribution in [3.63, 3.8) is 0 Å². The predicted octanol–water partition coefficient (Wildman–Crippen LogP) is 9.80. The minimum Gasteiger partial charge on any atom is -0.481 e. The number of rotatable bonds is 8. The van der Waals surface area contributed by atoms with E-state index in [0.717, 1.165) is 63.0 Å². The highest BCUT2D eigenvalue weighted by atomic mass is 35.5. The van der Waals surface area contributed by atoms with Crippen LogP contribution >= 0.6 is 23.4 Å². The van der Waals surface area contributed by atoms with Gasteiger partial charge in [-0.1, -0.05) is 90.5 Å². The number of hydrogen-bond acceptors (Lipinski definition) is 5. The van der Waals surface area contributed by atoms with E-state index in [4.69, 9.17) is 30.8 Å². The van der Waals surface area contributed by atoms with Crippen LogP contribution in [0, 0.1) is 5.92 Å². The van der Waals surface area contributed by atoms with Crippen LogP contribution in [-0.2, 0) is 9.47 Å². The van der Waals surface area contributed by atoms with Crippen molar-refractivity contribution in [2.45, 2.75) is 60.9 Å². The number of nitrogens with zero attached hydrogens (tertiary/aromatic N) is 1. The molecule has 0 N–H and O–H groups in total. The summed E-state index contributed by atoms with van der Waals surface area (Å²) in [6, 6.07) is 31.6. The lowest BCUT2D eigenvalue weighted by molar-refractivity contribution is -0.171. The smallest absolute Gasteiger partial charge is 0.217 e.